The fourth-order valence-corrected chi connectivity index (χ4v) is 7.46. The van der Waals surface area contributed by atoms with Gasteiger partial charge in [0.15, 0.2) is 6.10 Å². The summed E-state index contributed by atoms with van der Waals surface area (Å²) in [7, 11) is 5.41. The summed E-state index contributed by atoms with van der Waals surface area (Å²) in [6.07, 6.45) is 60.7. The first-order valence-corrected chi connectivity index (χ1v) is 26.5. The zero-order chi connectivity index (χ0) is 47.7. The maximum absolute atomic E-state index is 12.8. The summed E-state index contributed by atoms with van der Waals surface area (Å²) >= 11 is 0. The van der Waals surface area contributed by atoms with Gasteiger partial charge < -0.3 is 28.6 Å². The lowest BCUT2D eigenvalue weighted by atomic mass is 10.1. The third-order valence-electron chi connectivity index (χ3n) is 11.6. The van der Waals surface area contributed by atoms with Gasteiger partial charge >= 0.3 is 11.9 Å². The van der Waals surface area contributed by atoms with Gasteiger partial charge in [-0.1, -0.05) is 189 Å². The maximum Gasteiger partial charge on any atom is 0.306 e. The highest BCUT2D eigenvalue weighted by atomic mass is 16.6. The van der Waals surface area contributed by atoms with Crippen LogP contribution in [0.3, 0.4) is 0 Å². The number of rotatable bonds is 47. The Morgan fingerprint density at radius 3 is 1.32 bits per heavy atom. The lowest BCUT2D eigenvalue weighted by Gasteiger charge is -2.34. The van der Waals surface area contributed by atoms with Crippen molar-refractivity contribution in [2.45, 2.75) is 231 Å². The van der Waals surface area contributed by atoms with Gasteiger partial charge in [0.2, 0.25) is 0 Å². The van der Waals surface area contributed by atoms with Crippen molar-refractivity contribution in [1.29, 1.82) is 0 Å². The highest BCUT2D eigenvalue weighted by molar-refractivity contribution is 5.70. The normalized spacial score (nSPS) is 13.4. The van der Waals surface area contributed by atoms with Crippen LogP contribution in [0, 0.1) is 0 Å². The summed E-state index contributed by atoms with van der Waals surface area (Å²) in [6.45, 7) is 4.60. The molecule has 0 aromatic heterocycles. The average Bonchev–Trinajstić information content (AvgIpc) is 3.27. The van der Waals surface area contributed by atoms with E-state index in [-0.39, 0.29) is 42.7 Å². The van der Waals surface area contributed by atoms with Gasteiger partial charge in [0.05, 0.1) is 40.3 Å². The molecule has 0 aromatic rings. The van der Waals surface area contributed by atoms with Crippen molar-refractivity contribution in [3.63, 3.8) is 0 Å². The molecule has 0 fully saturated rings. The Bertz CT molecular complexity index is 1290. The molecule has 0 saturated carbocycles. The Morgan fingerprint density at radius 2 is 0.862 bits per heavy atom. The van der Waals surface area contributed by atoms with Crippen LogP contribution in [0.2, 0.25) is 0 Å². The van der Waals surface area contributed by atoms with Crippen LogP contribution in [0.1, 0.15) is 219 Å². The highest BCUT2D eigenvalue weighted by Gasteiger charge is 2.25. The molecule has 65 heavy (non-hydrogen) atoms. The third kappa shape index (κ3) is 45.7. The van der Waals surface area contributed by atoms with E-state index < -0.39 is 18.1 Å². The van der Waals surface area contributed by atoms with Gasteiger partial charge in [0.25, 0.3) is 0 Å². The van der Waals surface area contributed by atoms with E-state index >= 15 is 0 Å². The van der Waals surface area contributed by atoms with Crippen molar-refractivity contribution in [1.82, 2.24) is 0 Å². The second-order valence-electron chi connectivity index (χ2n) is 18.8. The Hall–Kier alpha value is -3.23. The number of hydrogen-bond acceptors (Lipinski definition) is 7. The van der Waals surface area contributed by atoms with Crippen LogP contribution in [0.25, 0.3) is 0 Å². The Kier molecular flexibility index (Phi) is 44.9. The number of quaternary nitrogens is 1. The first kappa shape index (κ1) is 61.8. The molecule has 0 radical (unpaired) electrons. The fourth-order valence-electron chi connectivity index (χ4n) is 7.46. The minimum atomic E-state index is -1.13. The zero-order valence-electron chi connectivity index (χ0n) is 42.6. The van der Waals surface area contributed by atoms with Crippen molar-refractivity contribution < 1.29 is 38.2 Å². The van der Waals surface area contributed by atoms with Crippen molar-refractivity contribution in [2.24, 2.45) is 0 Å². The van der Waals surface area contributed by atoms with Crippen LogP contribution in [0.5, 0.6) is 0 Å². The number of allylic oxidation sites excluding steroid dienone is 12. The van der Waals surface area contributed by atoms with E-state index in [2.05, 4.69) is 86.8 Å². The molecular weight excluding hydrogens is 811 g/mol. The first-order chi connectivity index (χ1) is 31.6. The van der Waals surface area contributed by atoms with E-state index in [4.69, 9.17) is 14.2 Å². The van der Waals surface area contributed by atoms with E-state index in [0.29, 0.717) is 12.8 Å². The quantitative estimate of drug-likeness (QED) is 0.0197. The number of carbonyl (C=O) groups is 3. The first-order valence-electron chi connectivity index (χ1n) is 26.5. The van der Waals surface area contributed by atoms with Gasteiger partial charge in [-0.3, -0.25) is 9.59 Å². The average molecular weight is 910 g/mol. The van der Waals surface area contributed by atoms with E-state index in [1.807, 2.05) is 0 Å². The Morgan fingerprint density at radius 1 is 0.477 bits per heavy atom. The van der Waals surface area contributed by atoms with Crippen LogP contribution >= 0.6 is 0 Å². The standard InChI is InChI=1S/C57H99NO7/c1-6-8-10-12-14-16-18-20-22-24-26-28-30-32-34-36-38-40-42-44-46-48-56(60)65-53(51-63-50-49-54(57(61)62)58(3,4)5)52-64-55(59)47-45-43-41-39-37-35-33-31-29-27-25-23-21-19-17-15-13-11-9-7-2/h14,16-17,19-23,26,28,32,34,53-54H,6-13,15,18,24-25,27,29-31,33,35-52H2,1-5H3/b16-14+,19-17+,22-20+,23-21+,28-26+,34-32+. The molecule has 8 heteroatoms. The van der Waals surface area contributed by atoms with Crippen LogP contribution in [0.15, 0.2) is 72.9 Å². The third-order valence-corrected chi connectivity index (χ3v) is 11.6. The molecule has 0 aliphatic carbocycles. The topological polar surface area (TPSA) is 102 Å². The molecule has 8 nitrogen and oxygen atoms in total. The Labute approximate surface area is 400 Å². The molecule has 0 aliphatic rings. The zero-order valence-corrected chi connectivity index (χ0v) is 42.6. The molecule has 2 atom stereocenters. The van der Waals surface area contributed by atoms with E-state index in [0.717, 1.165) is 77.0 Å². The fraction of sp³-hybridized carbons (Fsp3) is 0.737. The summed E-state index contributed by atoms with van der Waals surface area (Å²) in [5.41, 5.74) is 0. The van der Waals surface area contributed by atoms with Crippen molar-refractivity contribution in [3.8, 4) is 0 Å². The Balaban J connectivity index is 4.29. The second kappa shape index (κ2) is 47.3. The molecule has 0 spiro atoms. The van der Waals surface area contributed by atoms with Gasteiger partial charge in [0.1, 0.15) is 12.6 Å². The summed E-state index contributed by atoms with van der Waals surface area (Å²) in [6, 6.07) is -0.734. The number of carbonyl (C=O) groups excluding carboxylic acids is 3. The maximum atomic E-state index is 12.8. The predicted molar refractivity (Wildman–Crippen MR) is 272 cm³/mol. The summed E-state index contributed by atoms with van der Waals surface area (Å²) < 4.78 is 17.2. The molecule has 0 bridgehead atoms. The molecule has 0 N–H and O–H groups in total. The van der Waals surface area contributed by atoms with Gasteiger partial charge in [-0.05, 0) is 83.5 Å². The van der Waals surface area contributed by atoms with Crippen LogP contribution in [-0.2, 0) is 28.6 Å². The molecule has 0 aliphatic heterocycles. The van der Waals surface area contributed by atoms with Crippen LogP contribution in [-0.4, -0.2) is 75.5 Å². The lowest BCUT2D eigenvalue weighted by molar-refractivity contribution is -0.889. The van der Waals surface area contributed by atoms with E-state index in [9.17, 15) is 19.5 Å². The number of aliphatic carboxylic acids is 1. The van der Waals surface area contributed by atoms with Crippen molar-refractivity contribution >= 4 is 17.9 Å². The molecule has 0 rings (SSSR count). The number of likely N-dealkylation sites (N-methyl/N-ethyl adjacent to an activating group) is 1. The number of unbranched alkanes of at least 4 members (excludes halogenated alkanes) is 22. The molecule has 0 saturated heterocycles. The van der Waals surface area contributed by atoms with E-state index in [1.165, 1.54) is 109 Å². The van der Waals surface area contributed by atoms with Gasteiger partial charge in [-0.2, -0.15) is 0 Å². The van der Waals surface area contributed by atoms with Crippen LogP contribution in [0.4, 0.5) is 0 Å². The summed E-state index contributed by atoms with van der Waals surface area (Å²) in [5.74, 6) is -1.76. The minimum absolute atomic E-state index is 0.0291. The molecule has 2 unspecified atom stereocenters. The van der Waals surface area contributed by atoms with Gasteiger partial charge in [-0.25, -0.2) is 0 Å². The number of ether oxygens (including phenoxy) is 3. The lowest BCUT2D eigenvalue weighted by Crippen LogP contribution is -2.55. The van der Waals surface area contributed by atoms with Crippen molar-refractivity contribution in [3.05, 3.63) is 72.9 Å². The summed E-state index contributed by atoms with van der Waals surface area (Å²) in [5, 5.41) is 11.7. The highest BCUT2D eigenvalue weighted by Crippen LogP contribution is 2.14. The monoisotopic (exact) mass is 910 g/mol. The number of hydrogen-bond donors (Lipinski definition) is 0. The number of carboxylic acids is 1. The smallest absolute Gasteiger partial charge is 0.306 e. The number of esters is 2. The van der Waals surface area contributed by atoms with Crippen LogP contribution < -0.4 is 5.11 Å². The largest absolute Gasteiger partial charge is 0.544 e. The predicted octanol–water partition coefficient (Wildman–Crippen LogP) is 14.1. The second-order valence-corrected chi connectivity index (χ2v) is 18.8. The molecule has 374 valence electrons. The number of carboxylic acid groups (broad SMARTS) is 1. The van der Waals surface area contributed by atoms with Crippen molar-refractivity contribution in [2.75, 3.05) is 41.0 Å². The molecule has 0 amide bonds. The molecule has 0 aromatic carbocycles. The molecular formula is C57H99NO7. The SMILES string of the molecule is CCCCC/C=C/C/C=C/C/C=C/C/C=C/CCCCCCCC(=O)OC(COCCC(C(=O)[O-])[N+](C)(C)C)COC(=O)CCCCCCCCCCCC/C=C/C=C/CCCCCC. The summed E-state index contributed by atoms with van der Waals surface area (Å²) in [4.78, 5) is 37.1. The minimum Gasteiger partial charge on any atom is -0.544 e. The van der Waals surface area contributed by atoms with E-state index in [1.54, 1.807) is 21.1 Å². The molecule has 0 heterocycles. The van der Waals surface area contributed by atoms with Gasteiger partial charge in [-0.15, -0.1) is 0 Å². The number of nitrogens with zero attached hydrogens (tertiary/aromatic N) is 1. The van der Waals surface area contributed by atoms with Gasteiger partial charge in [0, 0.05) is 19.3 Å².